The third kappa shape index (κ3) is 79.3. The summed E-state index contributed by atoms with van der Waals surface area (Å²) in [7, 11) is -9.98. The Hall–Kier alpha value is -4.80. The summed E-state index contributed by atoms with van der Waals surface area (Å²) in [4.78, 5) is 73.2. The van der Waals surface area contributed by atoms with E-state index in [-0.39, 0.29) is 25.7 Å². The monoisotopic (exact) mass is 1560 g/mol. The standard InChI is InChI=1S/C89H152O17P2/c1-5-9-13-17-21-25-29-33-37-39-41-43-47-50-54-58-62-66-70-74-87(92)100-80-85(106-89(94)76-72-68-64-60-56-52-48-44-42-40-38-34-30-26-22-18-14-10-6-2)82-104-108(97,98)102-78-83(90)77-101-107(95,96)103-81-84(105-88(93)75-71-67-63-59-55-51-46-36-32-28-24-20-16-12-8-4)79-99-86(91)73-69-65-61-57-53-49-45-35-31-27-23-19-15-11-7-3/h9-10,13-14,21-23,25-27,33-35,37-38,41-45,50,54,83-85,90H,5-8,11-12,15-20,24,28-32,36,39-40,46-49,51-53,55-82H2,1-4H3,(H,95,96)(H,97,98)/b13-9-,14-10-,25-21-,26-22-,27-23-,37-33-,38-34-,43-41-,44-42-,45-35-,54-50-. The van der Waals surface area contributed by atoms with Crippen LogP contribution in [0.5, 0.6) is 0 Å². The lowest BCUT2D eigenvalue weighted by Crippen LogP contribution is -2.30. The first-order chi connectivity index (χ1) is 52.7. The first kappa shape index (κ1) is 103. The van der Waals surface area contributed by atoms with Crippen molar-refractivity contribution in [3.63, 3.8) is 0 Å². The molecule has 0 saturated carbocycles. The number of carbonyl (C=O) groups excluding carboxylic acids is 4. The molecule has 5 unspecified atom stereocenters. The molecule has 0 spiro atoms. The van der Waals surface area contributed by atoms with Crippen molar-refractivity contribution in [1.29, 1.82) is 0 Å². The molecule has 0 aromatic heterocycles. The molecular formula is C89H152O17P2. The molecule has 17 nitrogen and oxygen atoms in total. The van der Waals surface area contributed by atoms with E-state index in [9.17, 15) is 43.2 Å². The molecule has 5 atom stereocenters. The van der Waals surface area contributed by atoms with Gasteiger partial charge in [-0.3, -0.25) is 37.3 Å². The Kier molecular flexibility index (Phi) is 76.7. The molecule has 0 amide bonds. The molecule has 0 radical (unpaired) electrons. The van der Waals surface area contributed by atoms with Crippen molar-refractivity contribution < 1.29 is 80.2 Å². The summed E-state index contributed by atoms with van der Waals surface area (Å²) in [5.41, 5.74) is 0. The molecular weight excluding hydrogens is 1400 g/mol. The van der Waals surface area contributed by atoms with Crippen LogP contribution in [-0.2, 0) is 65.4 Å². The van der Waals surface area contributed by atoms with Crippen LogP contribution < -0.4 is 0 Å². The van der Waals surface area contributed by atoms with Crippen molar-refractivity contribution in [3.8, 4) is 0 Å². The third-order valence-corrected chi connectivity index (χ3v) is 19.5. The largest absolute Gasteiger partial charge is 0.472 e. The van der Waals surface area contributed by atoms with Crippen LogP contribution in [0.25, 0.3) is 0 Å². The molecule has 19 heteroatoms. The summed E-state index contributed by atoms with van der Waals surface area (Å²) >= 11 is 0. The van der Waals surface area contributed by atoms with E-state index in [0.29, 0.717) is 25.7 Å². The minimum Gasteiger partial charge on any atom is -0.462 e. The van der Waals surface area contributed by atoms with E-state index in [4.69, 9.17) is 37.0 Å². The van der Waals surface area contributed by atoms with Gasteiger partial charge in [-0.2, -0.15) is 0 Å². The molecule has 620 valence electrons. The Balaban J connectivity index is 5.43. The SMILES string of the molecule is CC/C=C\C/C=C\C/C=C\C/C=C\C/C=C\CCCCCC(=O)OCC(COP(=O)(O)OCC(O)COP(=O)(O)OCC(COC(=O)CCCCCCC/C=C\C/C=C\CCCCC)OC(=O)CCCCCCCCCCCCCCCCC)OC(=O)CCCCCCCC/C=C\C/C=C\C/C=C\C/C=C\CC. The van der Waals surface area contributed by atoms with Crippen LogP contribution in [0, 0.1) is 0 Å². The van der Waals surface area contributed by atoms with Gasteiger partial charge in [0.05, 0.1) is 26.4 Å². The van der Waals surface area contributed by atoms with Crippen molar-refractivity contribution in [2.45, 2.75) is 367 Å². The number of aliphatic hydroxyl groups excluding tert-OH is 1. The normalized spacial score (nSPS) is 14.5. The number of phosphoric acid groups is 2. The number of hydrogen-bond acceptors (Lipinski definition) is 15. The highest BCUT2D eigenvalue weighted by molar-refractivity contribution is 7.47. The van der Waals surface area contributed by atoms with Crippen LogP contribution in [0.15, 0.2) is 134 Å². The van der Waals surface area contributed by atoms with Crippen LogP contribution in [-0.4, -0.2) is 96.7 Å². The van der Waals surface area contributed by atoms with E-state index >= 15 is 0 Å². The number of rotatable bonds is 79. The second kappa shape index (κ2) is 80.3. The Morgan fingerprint density at radius 2 is 0.481 bits per heavy atom. The molecule has 0 aliphatic heterocycles. The highest BCUT2D eigenvalue weighted by atomic mass is 31.2. The summed E-state index contributed by atoms with van der Waals surface area (Å²) in [5.74, 6) is -2.23. The molecule has 0 rings (SSSR count). The van der Waals surface area contributed by atoms with Crippen LogP contribution in [0.4, 0.5) is 0 Å². The molecule has 0 aromatic rings. The van der Waals surface area contributed by atoms with E-state index in [1.165, 1.54) is 83.5 Å². The predicted octanol–water partition coefficient (Wildman–Crippen LogP) is 25.2. The third-order valence-electron chi connectivity index (χ3n) is 17.6. The minimum atomic E-state index is -5.00. The highest BCUT2D eigenvalue weighted by Gasteiger charge is 2.30. The summed E-state index contributed by atoms with van der Waals surface area (Å²) in [6.45, 7) is 4.60. The summed E-state index contributed by atoms with van der Waals surface area (Å²) in [6.07, 6.45) is 91.2. The van der Waals surface area contributed by atoms with Crippen LogP contribution in [0.1, 0.15) is 349 Å². The van der Waals surface area contributed by atoms with Gasteiger partial charge in [0.2, 0.25) is 0 Å². The highest BCUT2D eigenvalue weighted by Crippen LogP contribution is 2.45. The van der Waals surface area contributed by atoms with Gasteiger partial charge < -0.3 is 33.8 Å². The fourth-order valence-corrected chi connectivity index (χ4v) is 12.8. The fourth-order valence-electron chi connectivity index (χ4n) is 11.2. The summed E-state index contributed by atoms with van der Waals surface area (Å²) < 4.78 is 68.8. The van der Waals surface area contributed by atoms with Gasteiger partial charge in [0.25, 0.3) is 0 Å². The number of carbonyl (C=O) groups is 4. The number of hydrogen-bond donors (Lipinski definition) is 3. The second-order valence-corrected chi connectivity index (χ2v) is 30.9. The molecule has 0 saturated heterocycles. The van der Waals surface area contributed by atoms with E-state index in [2.05, 4.69) is 161 Å². The zero-order valence-electron chi connectivity index (χ0n) is 68.0. The van der Waals surface area contributed by atoms with Gasteiger partial charge in [-0.05, 0) is 141 Å². The van der Waals surface area contributed by atoms with Gasteiger partial charge in [0, 0.05) is 25.7 Å². The lowest BCUT2D eigenvalue weighted by atomic mass is 10.0. The maximum atomic E-state index is 13.1. The smallest absolute Gasteiger partial charge is 0.462 e. The average Bonchev–Trinajstić information content (AvgIpc) is 0.896. The van der Waals surface area contributed by atoms with Gasteiger partial charge >= 0.3 is 39.5 Å². The van der Waals surface area contributed by atoms with Crippen molar-refractivity contribution in [2.75, 3.05) is 39.6 Å². The molecule has 0 bridgehead atoms. The van der Waals surface area contributed by atoms with Gasteiger partial charge in [0.15, 0.2) is 12.2 Å². The number of phosphoric ester groups is 2. The Labute approximate surface area is 656 Å². The van der Waals surface area contributed by atoms with Crippen LogP contribution in [0.3, 0.4) is 0 Å². The van der Waals surface area contributed by atoms with Gasteiger partial charge in [-0.1, -0.05) is 315 Å². The number of ether oxygens (including phenoxy) is 4. The lowest BCUT2D eigenvalue weighted by molar-refractivity contribution is -0.161. The molecule has 108 heavy (non-hydrogen) atoms. The molecule has 0 heterocycles. The molecule has 0 aromatic carbocycles. The number of allylic oxidation sites excluding steroid dienone is 22. The maximum Gasteiger partial charge on any atom is 0.472 e. The van der Waals surface area contributed by atoms with Gasteiger partial charge in [-0.15, -0.1) is 0 Å². The maximum absolute atomic E-state index is 13.1. The fraction of sp³-hybridized carbons (Fsp3) is 0.708. The van der Waals surface area contributed by atoms with E-state index in [0.717, 1.165) is 186 Å². The van der Waals surface area contributed by atoms with Gasteiger partial charge in [0.1, 0.15) is 19.3 Å². The van der Waals surface area contributed by atoms with E-state index in [1.54, 1.807) is 0 Å². The minimum absolute atomic E-state index is 0.0677. The molecule has 0 aliphatic carbocycles. The lowest BCUT2D eigenvalue weighted by Gasteiger charge is -2.21. The Morgan fingerprint density at radius 3 is 0.769 bits per heavy atom. The van der Waals surface area contributed by atoms with E-state index < -0.39 is 97.5 Å². The predicted molar refractivity (Wildman–Crippen MR) is 445 cm³/mol. The summed E-state index contributed by atoms with van der Waals surface area (Å²) in [6, 6.07) is 0. The molecule has 3 N–H and O–H groups in total. The Morgan fingerprint density at radius 1 is 0.269 bits per heavy atom. The van der Waals surface area contributed by atoms with Crippen molar-refractivity contribution in [1.82, 2.24) is 0 Å². The van der Waals surface area contributed by atoms with Crippen molar-refractivity contribution in [3.05, 3.63) is 134 Å². The average molecular weight is 1560 g/mol. The zero-order chi connectivity index (χ0) is 78.9. The topological polar surface area (TPSA) is 237 Å². The molecule has 0 fully saturated rings. The van der Waals surface area contributed by atoms with Crippen molar-refractivity contribution >= 4 is 39.5 Å². The van der Waals surface area contributed by atoms with E-state index in [1.807, 2.05) is 0 Å². The number of unbranched alkanes of at least 4 members (excludes halogenated alkanes) is 31. The first-order valence-electron chi connectivity index (χ1n) is 42.4. The number of aliphatic hydroxyl groups is 1. The summed E-state index contributed by atoms with van der Waals surface area (Å²) in [5, 5.41) is 10.7. The Bertz CT molecular complexity index is 2560. The number of esters is 4. The quantitative estimate of drug-likeness (QED) is 0.0169. The molecule has 0 aliphatic rings. The zero-order valence-corrected chi connectivity index (χ0v) is 69.8. The first-order valence-corrected chi connectivity index (χ1v) is 45.4. The van der Waals surface area contributed by atoms with Crippen LogP contribution in [0.2, 0.25) is 0 Å². The van der Waals surface area contributed by atoms with Gasteiger partial charge in [-0.25, -0.2) is 9.13 Å². The van der Waals surface area contributed by atoms with Crippen molar-refractivity contribution in [2.24, 2.45) is 0 Å². The van der Waals surface area contributed by atoms with Crippen LogP contribution >= 0.6 is 15.6 Å². The second-order valence-electron chi connectivity index (χ2n) is 28.0.